The van der Waals surface area contributed by atoms with Crippen LogP contribution in [0.3, 0.4) is 0 Å². The van der Waals surface area contributed by atoms with E-state index in [0.29, 0.717) is 11.7 Å². The normalized spacial score (nSPS) is 14.9. The number of likely N-dealkylation sites (N-methyl/N-ethyl adjacent to an activating group) is 1. The Morgan fingerprint density at radius 2 is 2.00 bits per heavy atom. The summed E-state index contributed by atoms with van der Waals surface area (Å²) >= 11 is 10.4. The van der Waals surface area contributed by atoms with Crippen LogP contribution in [0.5, 0.6) is 0 Å². The van der Waals surface area contributed by atoms with E-state index in [1.165, 1.54) is 13.3 Å². The maximum Gasteiger partial charge on any atom is 0.237 e. The van der Waals surface area contributed by atoms with Gasteiger partial charge in [-0.15, -0.1) is 4.83 Å². The van der Waals surface area contributed by atoms with Crippen molar-refractivity contribution in [1.82, 2.24) is 15.2 Å². The predicted octanol–water partition coefficient (Wildman–Crippen LogP) is 2.21. The summed E-state index contributed by atoms with van der Waals surface area (Å²) in [5, 5.41) is 3.67. The largest absolute Gasteiger partial charge is 0.463 e. The number of thiocarbonyl (C=S) groups is 2. The molecule has 1 saturated carbocycles. The second-order valence-corrected chi connectivity index (χ2v) is 8.77. The third-order valence-electron chi connectivity index (χ3n) is 3.61. The number of ether oxygens (including phenoxy) is 1. The lowest BCUT2D eigenvalue weighted by atomic mass is 10.3. The van der Waals surface area contributed by atoms with Gasteiger partial charge in [0, 0.05) is 18.5 Å². The number of unbranched alkanes of at least 4 members (excludes halogenated alkanes) is 1. The number of nitrogens with zero attached hydrogens (tertiary/aromatic N) is 1. The van der Waals surface area contributed by atoms with Crippen LogP contribution in [0, 0.1) is 5.92 Å². The average Bonchev–Trinajstić information content (AvgIpc) is 3.43. The monoisotopic (exact) mass is 433 g/mol. The summed E-state index contributed by atoms with van der Waals surface area (Å²) in [6.07, 6.45) is 8.94. The minimum Gasteiger partial charge on any atom is -0.463 e. The third kappa shape index (κ3) is 9.41. The minimum atomic E-state index is -3.92. The van der Waals surface area contributed by atoms with Crippen molar-refractivity contribution in [3.05, 3.63) is 24.2 Å². The first kappa shape index (κ1) is 23.7. The van der Waals surface area contributed by atoms with Crippen molar-refractivity contribution in [3.8, 4) is 0 Å². The zero-order valence-electron chi connectivity index (χ0n) is 15.9. The number of hydrogen-bond acceptors (Lipinski definition) is 6. The lowest BCUT2D eigenvalue weighted by Crippen LogP contribution is -2.47. The Labute approximate surface area is 172 Å². The highest BCUT2D eigenvalue weighted by molar-refractivity contribution is 7.90. The first-order valence-electron chi connectivity index (χ1n) is 8.75. The fourth-order valence-corrected chi connectivity index (χ4v) is 3.60. The molecule has 0 aliphatic heterocycles. The second kappa shape index (κ2) is 11.5. The molecule has 0 atom stereocenters. The molecule has 27 heavy (non-hydrogen) atoms. The molecule has 0 aromatic rings. The molecular weight excluding hydrogens is 406 g/mol. The number of rotatable bonds is 12. The van der Waals surface area contributed by atoms with Gasteiger partial charge in [0.2, 0.25) is 15.9 Å². The standard InChI is InChI=1S/C17H27N3O4S3/c1-4-6-7-10-24-14(5-2)17(26)20(3)19-27(22,23)12-16(21)18-11-15(25)13-8-9-13/h5,7,10,13,19H,4,6,8-9,11-12H2,1-3H3,(H,18,21). The number of carbonyl (C=O) groups excluding carboxylic acids is 1. The summed E-state index contributed by atoms with van der Waals surface area (Å²) in [6.45, 7) is 4.00. The van der Waals surface area contributed by atoms with Gasteiger partial charge in [0.15, 0.2) is 10.7 Å². The van der Waals surface area contributed by atoms with Gasteiger partial charge in [-0.25, -0.2) is 8.42 Å². The Bertz CT molecular complexity index is 713. The zero-order chi connectivity index (χ0) is 20.4. The topological polar surface area (TPSA) is 87.7 Å². The van der Waals surface area contributed by atoms with Crippen LogP contribution < -0.4 is 10.1 Å². The maximum absolute atomic E-state index is 12.2. The Morgan fingerprint density at radius 3 is 2.56 bits per heavy atom. The molecule has 0 unspecified atom stereocenters. The van der Waals surface area contributed by atoms with Gasteiger partial charge in [-0.05, 0) is 44.3 Å². The van der Waals surface area contributed by atoms with E-state index >= 15 is 0 Å². The number of hydrazine groups is 1. The Kier molecular flexibility index (Phi) is 10.1. The van der Waals surface area contributed by atoms with Crippen LogP contribution in [0.1, 0.15) is 39.5 Å². The summed E-state index contributed by atoms with van der Waals surface area (Å²) in [7, 11) is -2.47. The Balaban J connectivity index is 2.51. The zero-order valence-corrected chi connectivity index (χ0v) is 18.3. The molecule has 2 N–H and O–H groups in total. The quantitative estimate of drug-likeness (QED) is 0.211. The van der Waals surface area contributed by atoms with Crippen LogP contribution in [-0.4, -0.2) is 48.5 Å². The number of carbonyl (C=O) groups is 1. The molecule has 0 saturated heterocycles. The summed E-state index contributed by atoms with van der Waals surface area (Å²) in [5.74, 6) is -0.615. The number of nitrogens with one attached hydrogen (secondary N) is 2. The molecule has 152 valence electrons. The molecule has 1 fully saturated rings. The van der Waals surface area contributed by atoms with E-state index in [1.54, 1.807) is 13.0 Å². The molecule has 0 aromatic carbocycles. The van der Waals surface area contributed by atoms with Gasteiger partial charge < -0.3 is 10.1 Å². The Morgan fingerprint density at radius 1 is 1.33 bits per heavy atom. The molecule has 0 aromatic heterocycles. The summed E-state index contributed by atoms with van der Waals surface area (Å²) in [5.41, 5.74) is 0. The van der Waals surface area contributed by atoms with Gasteiger partial charge in [-0.2, -0.15) is 0 Å². The van der Waals surface area contributed by atoms with Gasteiger partial charge >= 0.3 is 0 Å². The first-order valence-corrected chi connectivity index (χ1v) is 11.2. The van der Waals surface area contributed by atoms with E-state index in [0.717, 1.165) is 35.6 Å². The first-order chi connectivity index (χ1) is 12.7. The highest BCUT2D eigenvalue weighted by Gasteiger charge is 2.27. The third-order valence-corrected chi connectivity index (χ3v) is 5.76. The van der Waals surface area contributed by atoms with Gasteiger partial charge in [0.05, 0.1) is 6.26 Å². The van der Waals surface area contributed by atoms with Crippen LogP contribution in [0.15, 0.2) is 24.2 Å². The van der Waals surface area contributed by atoms with Crippen LogP contribution in [0.2, 0.25) is 0 Å². The molecule has 0 bridgehead atoms. The van der Waals surface area contributed by atoms with E-state index in [-0.39, 0.29) is 11.5 Å². The van der Waals surface area contributed by atoms with Crippen LogP contribution in [0.25, 0.3) is 0 Å². The molecule has 0 radical (unpaired) electrons. The van der Waals surface area contributed by atoms with E-state index in [2.05, 4.69) is 10.1 Å². The number of amides is 1. The van der Waals surface area contributed by atoms with Gasteiger partial charge in [0.25, 0.3) is 0 Å². The van der Waals surface area contributed by atoms with Crippen molar-refractivity contribution < 1.29 is 17.9 Å². The lowest BCUT2D eigenvalue weighted by Gasteiger charge is -2.21. The Hall–Kier alpha value is -1.36. The second-order valence-electron chi connectivity index (χ2n) is 6.16. The molecule has 1 amide bonds. The molecular formula is C17H27N3O4S3. The highest BCUT2D eigenvalue weighted by atomic mass is 32.2. The van der Waals surface area contributed by atoms with E-state index in [1.807, 2.05) is 13.0 Å². The van der Waals surface area contributed by atoms with Crippen molar-refractivity contribution in [3.63, 3.8) is 0 Å². The lowest BCUT2D eigenvalue weighted by molar-refractivity contribution is -0.118. The molecule has 0 heterocycles. The number of allylic oxidation sites excluding steroid dienone is 2. The van der Waals surface area contributed by atoms with Crippen molar-refractivity contribution in [2.75, 3.05) is 19.3 Å². The fourth-order valence-electron chi connectivity index (χ4n) is 2.00. The van der Waals surface area contributed by atoms with Gasteiger partial charge in [0.1, 0.15) is 5.75 Å². The van der Waals surface area contributed by atoms with Crippen LogP contribution in [-0.2, 0) is 19.6 Å². The van der Waals surface area contributed by atoms with Crippen molar-refractivity contribution in [2.45, 2.75) is 39.5 Å². The van der Waals surface area contributed by atoms with Gasteiger partial charge in [-0.3, -0.25) is 9.80 Å². The van der Waals surface area contributed by atoms with Crippen molar-refractivity contribution >= 4 is 50.2 Å². The number of hydrogen-bond donors (Lipinski definition) is 2. The van der Waals surface area contributed by atoms with Crippen molar-refractivity contribution in [2.24, 2.45) is 5.92 Å². The van der Waals surface area contributed by atoms with Gasteiger partial charge in [-0.1, -0.05) is 37.8 Å². The molecule has 1 aliphatic rings. The summed E-state index contributed by atoms with van der Waals surface area (Å²) in [6, 6.07) is 0. The highest BCUT2D eigenvalue weighted by Crippen LogP contribution is 2.30. The molecule has 10 heteroatoms. The summed E-state index contributed by atoms with van der Waals surface area (Å²) < 4.78 is 29.8. The average molecular weight is 434 g/mol. The fraction of sp³-hybridized carbons (Fsp3) is 0.588. The van der Waals surface area contributed by atoms with E-state index in [4.69, 9.17) is 29.2 Å². The minimum absolute atomic E-state index is 0.151. The molecule has 1 rings (SSSR count). The number of sulfonamides is 1. The van der Waals surface area contributed by atoms with E-state index < -0.39 is 21.7 Å². The van der Waals surface area contributed by atoms with Crippen molar-refractivity contribution in [1.29, 1.82) is 0 Å². The maximum atomic E-state index is 12.2. The molecule has 7 nitrogen and oxygen atoms in total. The molecule has 1 aliphatic carbocycles. The van der Waals surface area contributed by atoms with Crippen LogP contribution >= 0.6 is 24.4 Å². The SMILES string of the molecule is CC=C(OC=CCCC)C(=S)N(C)NS(=O)(=O)CC(=O)NCC(=S)C1CC1. The smallest absolute Gasteiger partial charge is 0.237 e. The molecule has 0 spiro atoms. The van der Waals surface area contributed by atoms with Crippen LogP contribution in [0.4, 0.5) is 0 Å². The summed E-state index contributed by atoms with van der Waals surface area (Å²) in [4.78, 5) is 15.0. The predicted molar refractivity (Wildman–Crippen MR) is 115 cm³/mol. The van der Waals surface area contributed by atoms with E-state index in [9.17, 15) is 13.2 Å².